The zero-order valence-corrected chi connectivity index (χ0v) is 10.5. The summed E-state index contributed by atoms with van der Waals surface area (Å²) in [5, 5.41) is 0. The fourth-order valence-electron chi connectivity index (χ4n) is 5.60. The fourth-order valence-corrected chi connectivity index (χ4v) is 5.60. The van der Waals surface area contributed by atoms with E-state index in [-0.39, 0.29) is 0 Å². The second-order valence-electron chi connectivity index (χ2n) is 7.19. The Balaban J connectivity index is 1.95. The van der Waals surface area contributed by atoms with Crippen LogP contribution in [-0.4, -0.2) is 0 Å². The lowest BCUT2D eigenvalue weighted by Gasteiger charge is -2.34. The van der Waals surface area contributed by atoms with E-state index in [1.54, 1.807) is 19.3 Å². The van der Waals surface area contributed by atoms with Crippen LogP contribution in [0.5, 0.6) is 0 Å². The van der Waals surface area contributed by atoms with Gasteiger partial charge < -0.3 is 0 Å². The molecule has 15 heavy (non-hydrogen) atoms. The van der Waals surface area contributed by atoms with Gasteiger partial charge in [-0.3, -0.25) is 0 Å². The van der Waals surface area contributed by atoms with Gasteiger partial charge in [0.2, 0.25) is 0 Å². The molecule has 4 unspecified atom stereocenters. The molecule has 0 spiro atoms. The van der Waals surface area contributed by atoms with Gasteiger partial charge in [-0.25, -0.2) is 0 Å². The standard InChI is InChI=1S/C15H26/c1-14-9-4-3-5-10-15(2,11-14)13-8-6-7-12(13)14/h12-13H,3-11H2,1-2H3. The Kier molecular flexibility index (Phi) is 2.20. The number of hydrogen-bond donors (Lipinski definition) is 0. The van der Waals surface area contributed by atoms with E-state index in [4.69, 9.17) is 0 Å². The van der Waals surface area contributed by atoms with Gasteiger partial charge in [-0.05, 0) is 54.8 Å². The summed E-state index contributed by atoms with van der Waals surface area (Å²) < 4.78 is 0. The van der Waals surface area contributed by atoms with E-state index in [1.165, 1.54) is 38.5 Å². The van der Waals surface area contributed by atoms with E-state index in [2.05, 4.69) is 13.8 Å². The molecule has 0 aliphatic heterocycles. The molecule has 0 aromatic heterocycles. The Morgan fingerprint density at radius 3 is 1.80 bits per heavy atom. The third kappa shape index (κ3) is 1.40. The summed E-state index contributed by atoms with van der Waals surface area (Å²) >= 11 is 0. The minimum atomic E-state index is 0.732. The zero-order chi connectivity index (χ0) is 10.5. The first-order valence-corrected chi connectivity index (χ1v) is 7.14. The molecule has 0 heterocycles. The molecule has 0 heteroatoms. The molecule has 3 aliphatic rings. The van der Waals surface area contributed by atoms with Crippen molar-refractivity contribution < 1.29 is 0 Å². The molecule has 3 rings (SSSR count). The van der Waals surface area contributed by atoms with E-state index in [9.17, 15) is 0 Å². The average Bonchev–Trinajstić information content (AvgIpc) is 2.69. The van der Waals surface area contributed by atoms with Gasteiger partial charge in [-0.1, -0.05) is 39.5 Å². The van der Waals surface area contributed by atoms with Crippen LogP contribution in [0.2, 0.25) is 0 Å². The second-order valence-corrected chi connectivity index (χ2v) is 7.19. The van der Waals surface area contributed by atoms with Gasteiger partial charge in [0.25, 0.3) is 0 Å². The van der Waals surface area contributed by atoms with Crippen molar-refractivity contribution in [1.29, 1.82) is 0 Å². The van der Waals surface area contributed by atoms with Crippen LogP contribution < -0.4 is 0 Å². The van der Waals surface area contributed by atoms with Gasteiger partial charge in [0.1, 0.15) is 0 Å². The normalized spacial score (nSPS) is 54.8. The fraction of sp³-hybridized carbons (Fsp3) is 1.00. The molecule has 0 N–H and O–H groups in total. The molecule has 0 amide bonds. The van der Waals surface area contributed by atoms with Gasteiger partial charge in [0.15, 0.2) is 0 Å². The van der Waals surface area contributed by atoms with E-state index >= 15 is 0 Å². The Bertz CT molecular complexity index is 233. The smallest absolute Gasteiger partial charge is 0.0289 e. The largest absolute Gasteiger partial charge is 0.0593 e. The molecule has 2 bridgehead atoms. The molecule has 3 saturated carbocycles. The third-order valence-corrected chi connectivity index (χ3v) is 6.11. The van der Waals surface area contributed by atoms with Crippen LogP contribution in [0, 0.1) is 22.7 Å². The molecular weight excluding hydrogens is 180 g/mol. The third-order valence-electron chi connectivity index (χ3n) is 6.11. The first-order valence-electron chi connectivity index (χ1n) is 7.14. The van der Waals surface area contributed by atoms with Gasteiger partial charge in [-0.2, -0.15) is 0 Å². The summed E-state index contributed by atoms with van der Waals surface area (Å²) in [6, 6.07) is 0. The van der Waals surface area contributed by atoms with Gasteiger partial charge in [0, 0.05) is 0 Å². The zero-order valence-electron chi connectivity index (χ0n) is 10.5. The van der Waals surface area contributed by atoms with Crippen molar-refractivity contribution in [2.45, 2.75) is 71.6 Å². The quantitative estimate of drug-likeness (QED) is 0.535. The second kappa shape index (κ2) is 3.25. The SMILES string of the molecule is CC12CCCCCC(C)(C1)C1CCCC12. The molecule has 0 radical (unpaired) electrons. The molecule has 0 aromatic carbocycles. The Hall–Kier alpha value is 0. The highest BCUT2D eigenvalue weighted by Crippen LogP contribution is 2.66. The summed E-state index contributed by atoms with van der Waals surface area (Å²) in [4.78, 5) is 0. The van der Waals surface area contributed by atoms with Crippen molar-refractivity contribution in [1.82, 2.24) is 0 Å². The highest BCUT2D eigenvalue weighted by Gasteiger charge is 2.57. The molecule has 0 aromatic rings. The summed E-state index contributed by atoms with van der Waals surface area (Å²) in [6.07, 6.45) is 13.8. The average molecular weight is 206 g/mol. The van der Waals surface area contributed by atoms with Crippen LogP contribution in [0.4, 0.5) is 0 Å². The summed E-state index contributed by atoms with van der Waals surface area (Å²) in [6.45, 7) is 5.24. The maximum atomic E-state index is 2.62. The van der Waals surface area contributed by atoms with Crippen LogP contribution in [0.1, 0.15) is 71.6 Å². The van der Waals surface area contributed by atoms with Crippen molar-refractivity contribution in [2.24, 2.45) is 22.7 Å². The number of rotatable bonds is 0. The van der Waals surface area contributed by atoms with Crippen molar-refractivity contribution in [3.8, 4) is 0 Å². The topological polar surface area (TPSA) is 0 Å². The maximum Gasteiger partial charge on any atom is -0.0289 e. The van der Waals surface area contributed by atoms with Crippen LogP contribution >= 0.6 is 0 Å². The van der Waals surface area contributed by atoms with E-state index in [1.807, 2.05) is 0 Å². The van der Waals surface area contributed by atoms with E-state index in [0.717, 1.165) is 22.7 Å². The monoisotopic (exact) mass is 206 g/mol. The van der Waals surface area contributed by atoms with Crippen molar-refractivity contribution >= 4 is 0 Å². The first-order chi connectivity index (χ1) is 7.14. The van der Waals surface area contributed by atoms with Crippen LogP contribution in [-0.2, 0) is 0 Å². The van der Waals surface area contributed by atoms with Gasteiger partial charge >= 0.3 is 0 Å². The Morgan fingerprint density at radius 2 is 1.27 bits per heavy atom. The van der Waals surface area contributed by atoms with E-state index in [0.29, 0.717) is 0 Å². The van der Waals surface area contributed by atoms with Crippen LogP contribution in [0.3, 0.4) is 0 Å². The van der Waals surface area contributed by atoms with Crippen molar-refractivity contribution in [3.63, 3.8) is 0 Å². The van der Waals surface area contributed by atoms with E-state index < -0.39 is 0 Å². The molecule has 86 valence electrons. The van der Waals surface area contributed by atoms with Crippen molar-refractivity contribution in [2.75, 3.05) is 0 Å². The summed E-state index contributed by atoms with van der Waals surface area (Å²) in [5.41, 5.74) is 1.46. The summed E-state index contributed by atoms with van der Waals surface area (Å²) in [7, 11) is 0. The molecule has 3 aliphatic carbocycles. The Morgan fingerprint density at radius 1 is 0.733 bits per heavy atom. The highest BCUT2D eigenvalue weighted by atomic mass is 14.6. The van der Waals surface area contributed by atoms with Gasteiger partial charge in [0.05, 0.1) is 0 Å². The molecule has 0 saturated heterocycles. The van der Waals surface area contributed by atoms with Crippen LogP contribution in [0.25, 0.3) is 0 Å². The van der Waals surface area contributed by atoms with Crippen molar-refractivity contribution in [3.05, 3.63) is 0 Å². The first kappa shape index (κ1) is 10.2. The van der Waals surface area contributed by atoms with Gasteiger partial charge in [-0.15, -0.1) is 0 Å². The number of hydrogen-bond acceptors (Lipinski definition) is 0. The minimum Gasteiger partial charge on any atom is -0.0593 e. The predicted molar refractivity (Wildman–Crippen MR) is 64.7 cm³/mol. The lowest BCUT2D eigenvalue weighted by molar-refractivity contribution is 0.166. The lowest BCUT2D eigenvalue weighted by Crippen LogP contribution is -2.23. The molecule has 0 nitrogen and oxygen atoms in total. The molecular formula is C15H26. The lowest BCUT2D eigenvalue weighted by atomic mass is 9.71. The Labute approximate surface area is 94.8 Å². The summed E-state index contributed by atoms with van der Waals surface area (Å²) in [5.74, 6) is 2.20. The predicted octanol–water partition coefficient (Wildman–Crippen LogP) is 4.78. The minimum absolute atomic E-state index is 0.732. The highest BCUT2D eigenvalue weighted by molar-refractivity contribution is 5.06. The number of fused-ring (bicyclic) bond motifs is 5. The molecule has 4 atom stereocenters. The van der Waals surface area contributed by atoms with Crippen LogP contribution in [0.15, 0.2) is 0 Å². The maximum absolute atomic E-state index is 2.62. The molecule has 3 fully saturated rings.